The summed E-state index contributed by atoms with van der Waals surface area (Å²) in [5, 5.41) is 6.88. The van der Waals surface area contributed by atoms with E-state index in [1.165, 1.54) is 6.07 Å². The van der Waals surface area contributed by atoms with E-state index in [0.29, 0.717) is 28.6 Å². The lowest BCUT2D eigenvalue weighted by Crippen LogP contribution is -2.45. The second-order valence-electron chi connectivity index (χ2n) is 7.25. The predicted octanol–water partition coefficient (Wildman–Crippen LogP) is 4.52. The van der Waals surface area contributed by atoms with Crippen molar-refractivity contribution in [1.29, 1.82) is 0 Å². The maximum atomic E-state index is 12.6. The number of hydrogen-bond acceptors (Lipinski definition) is 4. The molecule has 30 heavy (non-hydrogen) atoms. The van der Waals surface area contributed by atoms with E-state index >= 15 is 0 Å². The maximum Gasteiger partial charge on any atom is 0.422 e. The zero-order valence-electron chi connectivity index (χ0n) is 16.1. The normalized spacial score (nSPS) is 17.1. The molecule has 3 aromatic rings. The van der Waals surface area contributed by atoms with Gasteiger partial charge in [-0.1, -0.05) is 36.4 Å². The molecule has 1 aliphatic rings. The quantitative estimate of drug-likeness (QED) is 0.640. The number of fused-ring (bicyclic) bond motifs is 1. The van der Waals surface area contributed by atoms with Crippen molar-refractivity contribution in [2.45, 2.75) is 25.1 Å². The van der Waals surface area contributed by atoms with Crippen LogP contribution in [0.2, 0.25) is 0 Å². The average Bonchev–Trinajstić information content (AvgIpc) is 3.17. The Balaban J connectivity index is 1.64. The SMILES string of the molecule is O=C(N[C@@H]1CCCNC1)c1cc2cccc(-c3ccccc3OCC(F)(F)F)c2o1. The number of alkyl halides is 3. The summed E-state index contributed by atoms with van der Waals surface area (Å²) in [5.74, 6) is -0.0535. The van der Waals surface area contributed by atoms with Crippen molar-refractivity contribution in [2.24, 2.45) is 0 Å². The lowest BCUT2D eigenvalue weighted by Gasteiger charge is -2.23. The maximum absolute atomic E-state index is 12.6. The molecule has 5 nitrogen and oxygen atoms in total. The number of benzene rings is 2. The Morgan fingerprint density at radius 1 is 1.17 bits per heavy atom. The fraction of sp³-hybridized carbons (Fsp3) is 0.318. The molecule has 0 spiro atoms. The van der Waals surface area contributed by atoms with Gasteiger partial charge < -0.3 is 19.8 Å². The topological polar surface area (TPSA) is 63.5 Å². The molecule has 2 aromatic carbocycles. The molecule has 2 N–H and O–H groups in total. The summed E-state index contributed by atoms with van der Waals surface area (Å²) < 4.78 is 48.7. The molecule has 1 amide bonds. The van der Waals surface area contributed by atoms with Gasteiger partial charge in [-0.05, 0) is 31.5 Å². The number of rotatable bonds is 5. The number of hydrogen-bond donors (Lipinski definition) is 2. The Morgan fingerprint density at radius 3 is 2.73 bits per heavy atom. The number of furan rings is 1. The first-order valence-electron chi connectivity index (χ1n) is 9.74. The van der Waals surface area contributed by atoms with Crippen LogP contribution in [0.25, 0.3) is 22.1 Å². The molecule has 0 bridgehead atoms. The number of carbonyl (C=O) groups excluding carboxylic acids is 1. The molecule has 1 saturated heterocycles. The zero-order valence-corrected chi connectivity index (χ0v) is 16.1. The largest absolute Gasteiger partial charge is 0.483 e. The van der Waals surface area contributed by atoms with E-state index in [4.69, 9.17) is 9.15 Å². The Labute approximate surface area is 171 Å². The number of para-hydroxylation sites is 2. The van der Waals surface area contributed by atoms with Gasteiger partial charge in [-0.3, -0.25) is 4.79 Å². The molecular weight excluding hydrogens is 397 g/mol. The average molecular weight is 418 g/mol. The number of amides is 1. The highest BCUT2D eigenvalue weighted by Crippen LogP contribution is 2.37. The Kier molecular flexibility index (Phi) is 5.67. The molecule has 0 unspecified atom stereocenters. The van der Waals surface area contributed by atoms with Crippen molar-refractivity contribution in [1.82, 2.24) is 10.6 Å². The minimum atomic E-state index is -4.44. The summed E-state index contributed by atoms with van der Waals surface area (Å²) in [5.41, 5.74) is 1.45. The van der Waals surface area contributed by atoms with Crippen molar-refractivity contribution in [3.63, 3.8) is 0 Å². The number of carbonyl (C=O) groups is 1. The number of nitrogens with one attached hydrogen (secondary N) is 2. The van der Waals surface area contributed by atoms with Crippen LogP contribution in [0.15, 0.2) is 52.9 Å². The Hall–Kier alpha value is -3.00. The molecule has 1 fully saturated rings. The summed E-state index contributed by atoms with van der Waals surface area (Å²) >= 11 is 0. The molecule has 1 aliphatic heterocycles. The standard InChI is InChI=1S/C22H21F3N2O3/c23-22(24,25)13-29-18-9-2-1-7-16(18)17-8-3-5-14-11-19(30-20(14)17)21(28)27-15-6-4-10-26-12-15/h1-3,5,7-9,11,15,26H,4,6,10,12-13H2,(H,27,28)/t15-/m1/s1. The molecule has 1 aromatic heterocycles. The first-order chi connectivity index (χ1) is 14.4. The highest BCUT2D eigenvalue weighted by Gasteiger charge is 2.29. The third-order valence-corrected chi connectivity index (χ3v) is 4.97. The van der Waals surface area contributed by atoms with E-state index in [2.05, 4.69) is 10.6 Å². The van der Waals surface area contributed by atoms with Crippen molar-refractivity contribution in [2.75, 3.05) is 19.7 Å². The van der Waals surface area contributed by atoms with Gasteiger partial charge in [0, 0.05) is 29.1 Å². The predicted molar refractivity (Wildman–Crippen MR) is 107 cm³/mol. The lowest BCUT2D eigenvalue weighted by atomic mass is 10.0. The summed E-state index contributed by atoms with van der Waals surface area (Å²) in [7, 11) is 0. The van der Waals surface area contributed by atoms with Gasteiger partial charge in [0.25, 0.3) is 5.91 Å². The second kappa shape index (κ2) is 8.39. The van der Waals surface area contributed by atoms with E-state index in [-0.39, 0.29) is 23.5 Å². The van der Waals surface area contributed by atoms with Crippen LogP contribution in [-0.2, 0) is 0 Å². The van der Waals surface area contributed by atoms with Crippen LogP contribution in [0.3, 0.4) is 0 Å². The van der Waals surface area contributed by atoms with Crippen LogP contribution in [0.1, 0.15) is 23.4 Å². The van der Waals surface area contributed by atoms with Crippen LogP contribution < -0.4 is 15.4 Å². The molecule has 1 atom stereocenters. The second-order valence-corrected chi connectivity index (χ2v) is 7.25. The van der Waals surface area contributed by atoms with Gasteiger partial charge in [-0.25, -0.2) is 0 Å². The Morgan fingerprint density at radius 2 is 1.97 bits per heavy atom. The van der Waals surface area contributed by atoms with Gasteiger partial charge >= 0.3 is 6.18 Å². The first kappa shape index (κ1) is 20.3. The summed E-state index contributed by atoms with van der Waals surface area (Å²) in [6, 6.07) is 13.4. The van der Waals surface area contributed by atoms with Crippen molar-refractivity contribution in [3.05, 3.63) is 54.3 Å². The zero-order chi connectivity index (χ0) is 21.1. The lowest BCUT2D eigenvalue weighted by molar-refractivity contribution is -0.153. The first-order valence-corrected chi connectivity index (χ1v) is 9.74. The van der Waals surface area contributed by atoms with E-state index in [0.717, 1.165) is 19.4 Å². The van der Waals surface area contributed by atoms with Crippen LogP contribution >= 0.6 is 0 Å². The number of halogens is 3. The van der Waals surface area contributed by atoms with Gasteiger partial charge in [-0.15, -0.1) is 0 Å². The van der Waals surface area contributed by atoms with Gasteiger partial charge in [0.05, 0.1) is 0 Å². The van der Waals surface area contributed by atoms with E-state index in [1.54, 1.807) is 42.5 Å². The van der Waals surface area contributed by atoms with E-state index in [9.17, 15) is 18.0 Å². The summed E-state index contributed by atoms with van der Waals surface area (Å²) in [6.07, 6.45) is -2.55. The van der Waals surface area contributed by atoms with Crippen molar-refractivity contribution < 1.29 is 27.1 Å². The fourth-order valence-corrected chi connectivity index (χ4v) is 3.59. The van der Waals surface area contributed by atoms with Crippen molar-refractivity contribution in [3.8, 4) is 16.9 Å². The minimum Gasteiger partial charge on any atom is -0.483 e. The molecule has 2 heterocycles. The van der Waals surface area contributed by atoms with Crippen LogP contribution in [0, 0.1) is 0 Å². The molecule has 0 radical (unpaired) electrons. The molecule has 4 rings (SSSR count). The third-order valence-electron chi connectivity index (χ3n) is 4.97. The number of ether oxygens (including phenoxy) is 1. The smallest absolute Gasteiger partial charge is 0.422 e. The molecule has 158 valence electrons. The highest BCUT2D eigenvalue weighted by molar-refractivity contribution is 6.00. The third kappa shape index (κ3) is 4.59. The Bertz CT molecular complexity index is 1040. The van der Waals surface area contributed by atoms with Crippen molar-refractivity contribution >= 4 is 16.9 Å². The summed E-state index contributed by atoms with van der Waals surface area (Å²) in [6.45, 7) is 0.262. The van der Waals surface area contributed by atoms with Gasteiger partial charge in [0.15, 0.2) is 12.4 Å². The molecular formula is C22H21F3N2O3. The fourth-order valence-electron chi connectivity index (χ4n) is 3.59. The minimum absolute atomic E-state index is 0.0374. The van der Waals surface area contributed by atoms with Crippen LogP contribution in [0.4, 0.5) is 13.2 Å². The van der Waals surface area contributed by atoms with Crippen LogP contribution in [0.5, 0.6) is 5.75 Å². The molecule has 8 heteroatoms. The number of piperidine rings is 1. The monoisotopic (exact) mass is 418 g/mol. The van der Waals surface area contributed by atoms with E-state index < -0.39 is 12.8 Å². The van der Waals surface area contributed by atoms with Gasteiger partial charge in [0.1, 0.15) is 11.3 Å². The highest BCUT2D eigenvalue weighted by atomic mass is 19.4. The molecule has 0 saturated carbocycles. The van der Waals surface area contributed by atoms with E-state index in [1.807, 2.05) is 0 Å². The van der Waals surface area contributed by atoms with Crippen LogP contribution in [-0.4, -0.2) is 37.8 Å². The van der Waals surface area contributed by atoms with Gasteiger partial charge in [0.2, 0.25) is 0 Å². The molecule has 0 aliphatic carbocycles. The summed E-state index contributed by atoms with van der Waals surface area (Å²) in [4.78, 5) is 12.6. The van der Waals surface area contributed by atoms with Gasteiger partial charge in [-0.2, -0.15) is 13.2 Å².